The van der Waals surface area contributed by atoms with E-state index in [1.807, 2.05) is 49.5 Å². The van der Waals surface area contributed by atoms with Crippen LogP contribution in [0.2, 0.25) is 15.1 Å². The first-order valence-corrected chi connectivity index (χ1v) is 10.0. The number of hydrogen-bond acceptors (Lipinski definition) is 3. The Balaban J connectivity index is 1.78. The number of ether oxygens (including phenoxy) is 1. The molecule has 136 valence electrons. The molecule has 3 aromatic rings. The van der Waals surface area contributed by atoms with Crippen LogP contribution in [0.1, 0.15) is 5.82 Å². The van der Waals surface area contributed by atoms with E-state index in [-0.39, 0.29) is 5.25 Å². The van der Waals surface area contributed by atoms with Gasteiger partial charge >= 0.3 is 0 Å². The zero-order valence-corrected chi connectivity index (χ0v) is 17.1. The molecule has 0 aliphatic carbocycles. The fraction of sp³-hybridized carbons (Fsp3) is 0.211. The molecule has 1 atom stereocenters. The van der Waals surface area contributed by atoms with Crippen molar-refractivity contribution in [2.45, 2.75) is 23.6 Å². The van der Waals surface area contributed by atoms with E-state index in [9.17, 15) is 0 Å². The van der Waals surface area contributed by atoms with Crippen LogP contribution in [0.3, 0.4) is 0 Å². The topological polar surface area (TPSA) is 27.1 Å². The molecule has 7 heteroatoms. The van der Waals surface area contributed by atoms with E-state index < -0.39 is 0 Å². The van der Waals surface area contributed by atoms with Crippen LogP contribution in [0.4, 0.5) is 0 Å². The number of nitrogens with zero attached hydrogens (tertiary/aromatic N) is 2. The van der Waals surface area contributed by atoms with E-state index in [1.54, 1.807) is 24.0 Å². The molecule has 0 spiro atoms. The first kappa shape index (κ1) is 19.4. The van der Waals surface area contributed by atoms with Gasteiger partial charge in [-0.05, 0) is 37.3 Å². The Morgan fingerprint density at radius 3 is 2.50 bits per heavy atom. The van der Waals surface area contributed by atoms with Crippen LogP contribution in [0.25, 0.3) is 0 Å². The fourth-order valence-corrected chi connectivity index (χ4v) is 4.36. The summed E-state index contributed by atoms with van der Waals surface area (Å²) in [4.78, 5) is 5.14. The van der Waals surface area contributed by atoms with Gasteiger partial charge in [-0.3, -0.25) is 0 Å². The summed E-state index contributed by atoms with van der Waals surface area (Å²) in [5.74, 6) is 1.68. The fourth-order valence-electron chi connectivity index (χ4n) is 2.45. The van der Waals surface area contributed by atoms with Gasteiger partial charge in [-0.2, -0.15) is 0 Å². The average Bonchev–Trinajstić information content (AvgIpc) is 3.01. The number of thioether (sulfide) groups is 1. The molecule has 1 aromatic heterocycles. The number of halogens is 3. The maximum Gasteiger partial charge on any atom is 0.120 e. The van der Waals surface area contributed by atoms with Gasteiger partial charge in [0, 0.05) is 28.9 Å². The van der Waals surface area contributed by atoms with Gasteiger partial charge in [-0.25, -0.2) is 4.98 Å². The molecule has 0 fully saturated rings. The summed E-state index contributed by atoms with van der Waals surface area (Å²) in [6, 6.07) is 12.9. The van der Waals surface area contributed by atoms with Crippen molar-refractivity contribution in [2.75, 3.05) is 6.61 Å². The Labute approximate surface area is 172 Å². The van der Waals surface area contributed by atoms with Crippen molar-refractivity contribution in [3.8, 4) is 5.75 Å². The highest BCUT2D eigenvalue weighted by atomic mass is 35.5. The maximum atomic E-state index is 6.34. The van der Waals surface area contributed by atoms with Crippen molar-refractivity contribution in [1.82, 2.24) is 9.55 Å². The number of aryl methyl sites for hydroxylation is 1. The van der Waals surface area contributed by atoms with E-state index in [0.29, 0.717) is 21.7 Å². The molecule has 0 aliphatic rings. The first-order valence-electron chi connectivity index (χ1n) is 7.99. The zero-order valence-electron chi connectivity index (χ0n) is 14.0. The van der Waals surface area contributed by atoms with Gasteiger partial charge < -0.3 is 9.30 Å². The predicted octanol–water partition coefficient (Wildman–Crippen LogP) is 6.39. The summed E-state index contributed by atoms with van der Waals surface area (Å²) in [6.45, 7) is 3.17. The Morgan fingerprint density at radius 1 is 1.12 bits per heavy atom. The molecule has 3 nitrogen and oxygen atoms in total. The third kappa shape index (κ3) is 5.10. The molecular weight excluding hydrogens is 411 g/mol. The lowest BCUT2D eigenvalue weighted by Crippen LogP contribution is -2.21. The van der Waals surface area contributed by atoms with Crippen LogP contribution in [0, 0.1) is 6.92 Å². The molecule has 3 rings (SSSR count). The van der Waals surface area contributed by atoms with Crippen molar-refractivity contribution >= 4 is 46.6 Å². The second-order valence-electron chi connectivity index (χ2n) is 5.69. The number of rotatable bonds is 7. The maximum absolute atomic E-state index is 6.34. The molecule has 0 saturated heterocycles. The molecular formula is C19H17Cl3N2OS. The normalized spacial score (nSPS) is 12.2. The molecule has 1 heterocycles. The molecule has 0 saturated carbocycles. The third-order valence-electron chi connectivity index (χ3n) is 3.76. The number of benzene rings is 2. The predicted molar refractivity (Wildman–Crippen MR) is 110 cm³/mol. The highest BCUT2D eigenvalue weighted by molar-refractivity contribution is 8.00. The van der Waals surface area contributed by atoms with Crippen molar-refractivity contribution in [1.29, 1.82) is 0 Å². The van der Waals surface area contributed by atoms with E-state index in [0.717, 1.165) is 23.0 Å². The van der Waals surface area contributed by atoms with Gasteiger partial charge in [0.2, 0.25) is 0 Å². The highest BCUT2D eigenvalue weighted by Crippen LogP contribution is 2.37. The molecule has 26 heavy (non-hydrogen) atoms. The molecule has 2 aromatic carbocycles. The summed E-state index contributed by atoms with van der Waals surface area (Å²) in [5.41, 5.74) is 0. The molecule has 1 unspecified atom stereocenters. The van der Waals surface area contributed by atoms with E-state index >= 15 is 0 Å². The molecule has 0 bridgehead atoms. The molecule has 0 radical (unpaired) electrons. The third-order valence-corrected chi connectivity index (χ3v) is 6.14. The van der Waals surface area contributed by atoms with Gasteiger partial charge in [0.05, 0.1) is 15.3 Å². The Hall–Kier alpha value is -1.33. The SMILES string of the molecule is Cc1nccn1CC(COc1cccc(Cl)c1)Sc1c(Cl)cccc1Cl. The Bertz CT molecular complexity index is 864. The summed E-state index contributed by atoms with van der Waals surface area (Å²) in [7, 11) is 0. The lowest BCUT2D eigenvalue weighted by Gasteiger charge is -2.20. The van der Waals surface area contributed by atoms with E-state index in [1.165, 1.54) is 0 Å². The van der Waals surface area contributed by atoms with Crippen LogP contribution < -0.4 is 4.74 Å². The van der Waals surface area contributed by atoms with Crippen LogP contribution in [-0.2, 0) is 6.54 Å². The largest absolute Gasteiger partial charge is 0.492 e. The van der Waals surface area contributed by atoms with Crippen molar-refractivity contribution in [3.63, 3.8) is 0 Å². The number of imidazole rings is 1. The minimum Gasteiger partial charge on any atom is -0.492 e. The average molecular weight is 428 g/mol. The Kier molecular flexibility index (Phi) is 6.76. The lowest BCUT2D eigenvalue weighted by atomic mass is 10.3. The van der Waals surface area contributed by atoms with Crippen LogP contribution in [0.5, 0.6) is 5.75 Å². The molecule has 0 amide bonds. The highest BCUT2D eigenvalue weighted by Gasteiger charge is 2.18. The second-order valence-corrected chi connectivity index (χ2v) is 8.25. The minimum absolute atomic E-state index is 0.0827. The van der Waals surface area contributed by atoms with Gasteiger partial charge in [0.15, 0.2) is 0 Å². The minimum atomic E-state index is 0.0827. The Morgan fingerprint density at radius 2 is 1.85 bits per heavy atom. The summed E-state index contributed by atoms with van der Waals surface area (Å²) in [6.07, 6.45) is 3.74. The van der Waals surface area contributed by atoms with Gasteiger partial charge in [0.1, 0.15) is 18.2 Å². The van der Waals surface area contributed by atoms with E-state index in [2.05, 4.69) is 9.55 Å². The van der Waals surface area contributed by atoms with Gasteiger partial charge in [0.25, 0.3) is 0 Å². The van der Waals surface area contributed by atoms with Crippen LogP contribution in [0.15, 0.2) is 59.8 Å². The first-order chi connectivity index (χ1) is 12.5. The van der Waals surface area contributed by atoms with Gasteiger partial charge in [-0.1, -0.05) is 46.9 Å². The zero-order chi connectivity index (χ0) is 18.5. The summed E-state index contributed by atoms with van der Waals surface area (Å²) in [5, 5.41) is 2.00. The van der Waals surface area contributed by atoms with Crippen LogP contribution >= 0.6 is 46.6 Å². The number of hydrogen-bond donors (Lipinski definition) is 0. The lowest BCUT2D eigenvalue weighted by molar-refractivity contribution is 0.307. The standard InChI is InChI=1S/C19H17Cl3N2OS/c1-13-23-8-9-24(13)11-16(12-25-15-5-2-4-14(20)10-15)26-19-17(21)6-3-7-18(19)22/h2-10,16H,11-12H2,1H3. The number of aromatic nitrogens is 2. The van der Waals surface area contributed by atoms with Gasteiger partial charge in [-0.15, -0.1) is 11.8 Å². The van der Waals surface area contributed by atoms with Crippen molar-refractivity contribution < 1.29 is 4.74 Å². The van der Waals surface area contributed by atoms with E-state index in [4.69, 9.17) is 39.5 Å². The summed E-state index contributed by atoms with van der Waals surface area (Å²) < 4.78 is 8.05. The summed E-state index contributed by atoms with van der Waals surface area (Å²) >= 11 is 20.3. The smallest absolute Gasteiger partial charge is 0.120 e. The molecule has 0 aliphatic heterocycles. The monoisotopic (exact) mass is 426 g/mol. The van der Waals surface area contributed by atoms with Crippen LogP contribution in [-0.4, -0.2) is 21.4 Å². The second kappa shape index (κ2) is 9.05. The molecule has 0 N–H and O–H groups in total. The van der Waals surface area contributed by atoms with Crippen molar-refractivity contribution in [2.24, 2.45) is 0 Å². The quantitative estimate of drug-likeness (QED) is 0.409. The van der Waals surface area contributed by atoms with Crippen molar-refractivity contribution in [3.05, 3.63) is 75.8 Å².